The summed E-state index contributed by atoms with van der Waals surface area (Å²) in [4.78, 5) is 0.764. The van der Waals surface area contributed by atoms with Gasteiger partial charge in [0.2, 0.25) is 0 Å². The highest BCUT2D eigenvalue weighted by Gasteiger charge is 2.23. The molecule has 2 N–H and O–H groups in total. The van der Waals surface area contributed by atoms with Crippen LogP contribution in [0.15, 0.2) is 23.1 Å². The highest BCUT2D eigenvalue weighted by molar-refractivity contribution is 7.99. The number of nitrogens with one attached hydrogen (secondary N) is 1. The van der Waals surface area contributed by atoms with Crippen molar-refractivity contribution in [3.05, 3.63) is 29.6 Å². The van der Waals surface area contributed by atoms with Gasteiger partial charge in [0.05, 0.1) is 6.10 Å². The number of halogens is 1. The van der Waals surface area contributed by atoms with Crippen LogP contribution in [0.4, 0.5) is 4.39 Å². The second kappa shape index (κ2) is 6.04. The normalized spacial score (nSPS) is 20.8. The Bertz CT molecular complexity index is 411. The van der Waals surface area contributed by atoms with Gasteiger partial charge < -0.3 is 10.4 Å². The fraction of sp³-hybridized carbons (Fsp3) is 0.571. The molecule has 100 valence electrons. The van der Waals surface area contributed by atoms with Crippen molar-refractivity contribution < 1.29 is 9.50 Å². The van der Waals surface area contributed by atoms with Crippen molar-refractivity contribution in [3.8, 4) is 0 Å². The topological polar surface area (TPSA) is 32.3 Å². The summed E-state index contributed by atoms with van der Waals surface area (Å²) in [5, 5.41) is 13.2. The third-order valence-corrected chi connectivity index (χ3v) is 4.53. The van der Waals surface area contributed by atoms with Crippen LogP contribution in [0.5, 0.6) is 0 Å². The number of aliphatic hydroxyl groups excluding tert-OH is 1. The Morgan fingerprint density at radius 1 is 1.50 bits per heavy atom. The first-order valence-electron chi connectivity index (χ1n) is 6.42. The maximum atomic E-state index is 13.7. The minimum absolute atomic E-state index is 0.131. The molecule has 0 amide bonds. The summed E-state index contributed by atoms with van der Waals surface area (Å²) in [6, 6.07) is 5.40. The first-order chi connectivity index (χ1) is 8.59. The van der Waals surface area contributed by atoms with Crippen LogP contribution >= 0.6 is 11.8 Å². The van der Waals surface area contributed by atoms with Crippen molar-refractivity contribution >= 4 is 11.8 Å². The Labute approximate surface area is 112 Å². The Morgan fingerprint density at radius 2 is 2.28 bits per heavy atom. The zero-order valence-electron chi connectivity index (χ0n) is 10.8. The number of aliphatic hydroxyl groups is 1. The van der Waals surface area contributed by atoms with Gasteiger partial charge in [0, 0.05) is 17.5 Å². The van der Waals surface area contributed by atoms with Gasteiger partial charge in [-0.05, 0) is 29.7 Å². The SMILES string of the molecule is CC(C)C(O)CNC1CCSc2c(F)cccc21. The van der Waals surface area contributed by atoms with Crippen LogP contribution in [0.25, 0.3) is 0 Å². The molecule has 0 radical (unpaired) electrons. The average Bonchev–Trinajstić information content (AvgIpc) is 2.36. The second-order valence-electron chi connectivity index (χ2n) is 5.07. The summed E-state index contributed by atoms with van der Waals surface area (Å²) in [6.45, 7) is 4.55. The van der Waals surface area contributed by atoms with Gasteiger partial charge in [-0.25, -0.2) is 4.39 Å². The summed E-state index contributed by atoms with van der Waals surface area (Å²) >= 11 is 1.58. The van der Waals surface area contributed by atoms with Crippen LogP contribution in [0, 0.1) is 11.7 Å². The van der Waals surface area contributed by atoms with Crippen molar-refractivity contribution in [2.45, 2.75) is 37.3 Å². The molecule has 18 heavy (non-hydrogen) atoms. The van der Waals surface area contributed by atoms with Crippen molar-refractivity contribution in [1.29, 1.82) is 0 Å². The fourth-order valence-electron chi connectivity index (χ4n) is 2.10. The molecular formula is C14H20FNOS. The number of benzene rings is 1. The molecule has 0 bridgehead atoms. The van der Waals surface area contributed by atoms with E-state index in [1.165, 1.54) is 6.07 Å². The predicted octanol–water partition coefficient (Wildman–Crippen LogP) is 2.97. The van der Waals surface area contributed by atoms with E-state index >= 15 is 0 Å². The van der Waals surface area contributed by atoms with Gasteiger partial charge in [-0.15, -0.1) is 11.8 Å². The van der Waals surface area contributed by atoms with E-state index in [1.807, 2.05) is 19.9 Å². The smallest absolute Gasteiger partial charge is 0.137 e. The predicted molar refractivity (Wildman–Crippen MR) is 73.3 cm³/mol. The molecule has 0 aromatic heterocycles. The molecule has 0 aliphatic carbocycles. The van der Waals surface area contributed by atoms with Crippen LogP contribution in [0.1, 0.15) is 31.9 Å². The van der Waals surface area contributed by atoms with E-state index in [0.29, 0.717) is 6.54 Å². The van der Waals surface area contributed by atoms with Gasteiger partial charge in [0.1, 0.15) is 5.82 Å². The van der Waals surface area contributed by atoms with E-state index in [-0.39, 0.29) is 23.9 Å². The molecule has 1 heterocycles. The first-order valence-corrected chi connectivity index (χ1v) is 7.41. The molecule has 2 atom stereocenters. The van der Waals surface area contributed by atoms with Crippen LogP contribution in [-0.4, -0.2) is 23.5 Å². The Morgan fingerprint density at radius 3 is 3.00 bits per heavy atom. The molecule has 2 unspecified atom stereocenters. The number of hydrogen-bond acceptors (Lipinski definition) is 3. The summed E-state index contributed by atoms with van der Waals surface area (Å²) < 4.78 is 13.7. The first kappa shape index (κ1) is 13.8. The minimum atomic E-state index is -0.350. The van der Waals surface area contributed by atoms with Crippen LogP contribution in [-0.2, 0) is 0 Å². The molecule has 2 nitrogen and oxygen atoms in total. The molecule has 0 fully saturated rings. The van der Waals surface area contributed by atoms with Crippen molar-refractivity contribution in [3.63, 3.8) is 0 Å². The number of thioether (sulfide) groups is 1. The fourth-order valence-corrected chi connectivity index (χ4v) is 3.24. The third-order valence-electron chi connectivity index (χ3n) is 3.37. The van der Waals surface area contributed by atoms with Crippen molar-refractivity contribution in [2.24, 2.45) is 5.92 Å². The largest absolute Gasteiger partial charge is 0.392 e. The molecule has 1 aliphatic rings. The molecule has 1 aromatic rings. The maximum Gasteiger partial charge on any atom is 0.137 e. The second-order valence-corrected chi connectivity index (χ2v) is 6.17. The minimum Gasteiger partial charge on any atom is -0.392 e. The van der Waals surface area contributed by atoms with Crippen LogP contribution in [0.3, 0.4) is 0 Å². The van der Waals surface area contributed by atoms with Gasteiger partial charge in [-0.2, -0.15) is 0 Å². The number of hydrogen-bond donors (Lipinski definition) is 2. The zero-order chi connectivity index (χ0) is 13.1. The van der Waals surface area contributed by atoms with Gasteiger partial charge in [-0.1, -0.05) is 26.0 Å². The lowest BCUT2D eigenvalue weighted by Crippen LogP contribution is -2.34. The van der Waals surface area contributed by atoms with Crippen molar-refractivity contribution in [1.82, 2.24) is 5.32 Å². The van der Waals surface area contributed by atoms with E-state index in [4.69, 9.17) is 0 Å². The summed E-state index contributed by atoms with van der Waals surface area (Å²) in [5.41, 5.74) is 1.03. The van der Waals surface area contributed by atoms with E-state index in [0.717, 1.165) is 22.6 Å². The average molecular weight is 269 g/mol. The van der Waals surface area contributed by atoms with Crippen molar-refractivity contribution in [2.75, 3.05) is 12.3 Å². The van der Waals surface area contributed by atoms with Crippen LogP contribution < -0.4 is 5.32 Å². The van der Waals surface area contributed by atoms with E-state index < -0.39 is 0 Å². The monoisotopic (exact) mass is 269 g/mol. The molecule has 1 aliphatic heterocycles. The van der Waals surface area contributed by atoms with E-state index in [1.54, 1.807) is 17.8 Å². The van der Waals surface area contributed by atoms with Gasteiger partial charge in [-0.3, -0.25) is 0 Å². The maximum absolute atomic E-state index is 13.7. The Balaban J connectivity index is 2.06. The Kier molecular flexibility index (Phi) is 4.65. The quantitative estimate of drug-likeness (QED) is 0.881. The lowest BCUT2D eigenvalue weighted by Gasteiger charge is -2.28. The molecule has 2 rings (SSSR count). The third kappa shape index (κ3) is 3.05. The molecular weight excluding hydrogens is 249 g/mol. The molecule has 4 heteroatoms. The zero-order valence-corrected chi connectivity index (χ0v) is 11.6. The number of fused-ring (bicyclic) bond motifs is 1. The molecule has 0 saturated heterocycles. The molecule has 0 spiro atoms. The van der Waals surface area contributed by atoms with Gasteiger partial charge >= 0.3 is 0 Å². The van der Waals surface area contributed by atoms with E-state index in [9.17, 15) is 9.50 Å². The van der Waals surface area contributed by atoms with Gasteiger partial charge in [0.25, 0.3) is 0 Å². The number of rotatable bonds is 4. The highest BCUT2D eigenvalue weighted by Crippen LogP contribution is 2.37. The summed E-state index contributed by atoms with van der Waals surface area (Å²) in [6.07, 6.45) is 0.628. The standard InChI is InChI=1S/C14H20FNOS/c1-9(2)13(17)8-16-12-6-7-18-14-10(12)4-3-5-11(14)15/h3-5,9,12-13,16-17H,6-8H2,1-2H3. The molecule has 0 saturated carbocycles. The molecule has 1 aromatic carbocycles. The van der Waals surface area contributed by atoms with Gasteiger partial charge in [0.15, 0.2) is 0 Å². The summed E-state index contributed by atoms with van der Waals surface area (Å²) in [5.74, 6) is 1.03. The van der Waals surface area contributed by atoms with Crippen LogP contribution in [0.2, 0.25) is 0 Å². The summed E-state index contributed by atoms with van der Waals surface area (Å²) in [7, 11) is 0. The van der Waals surface area contributed by atoms with E-state index in [2.05, 4.69) is 5.32 Å². The lowest BCUT2D eigenvalue weighted by molar-refractivity contribution is 0.119. The highest BCUT2D eigenvalue weighted by atomic mass is 32.2. The Hall–Kier alpha value is -0.580. The lowest BCUT2D eigenvalue weighted by atomic mass is 10.0.